The minimum Gasteiger partial charge on any atom is -0.484 e. The van der Waals surface area contributed by atoms with Crippen LogP contribution in [0.4, 0.5) is 0 Å². The van der Waals surface area contributed by atoms with Crippen LogP contribution in [-0.2, 0) is 16.8 Å². The molecule has 0 saturated heterocycles. The van der Waals surface area contributed by atoms with E-state index in [1.54, 1.807) is 12.1 Å². The number of carbonyl (C=O) groups is 1. The summed E-state index contributed by atoms with van der Waals surface area (Å²) < 4.78 is 5.94. The number of benzene rings is 3. The molecular weight excluding hydrogens is 506 g/mol. The quantitative estimate of drug-likeness (QED) is 0.286. The molecule has 0 radical (unpaired) electrons. The Kier molecular flexibility index (Phi) is 7.13. The van der Waals surface area contributed by atoms with Crippen molar-refractivity contribution in [3.8, 4) is 5.75 Å². The van der Waals surface area contributed by atoms with Crippen LogP contribution >= 0.6 is 11.6 Å². The molecule has 1 atom stereocenters. The van der Waals surface area contributed by atoms with Gasteiger partial charge in [-0.05, 0) is 93.6 Å². The molecule has 5 nitrogen and oxygen atoms in total. The fourth-order valence-electron chi connectivity index (χ4n) is 7.14. The molecule has 1 aliphatic heterocycles. The van der Waals surface area contributed by atoms with Crippen molar-refractivity contribution in [1.29, 1.82) is 0 Å². The number of halogens is 1. The molecule has 202 valence electrons. The predicted molar refractivity (Wildman–Crippen MR) is 157 cm³/mol. The standard InChI is InChI=1S/C33H36ClN3O2/c1-36(2)31(23-8-4-3-5-9-23)24-16-19-33(20-17-24)32-28(27-10-6-7-11-29(27)35-32)18-21-37(33)30(38)22-39-26-14-12-25(34)13-15-26/h3-15,24,31,35H,16-22H2,1-2H3. The lowest BCUT2D eigenvalue weighted by Crippen LogP contribution is -2.56. The predicted octanol–water partition coefficient (Wildman–Crippen LogP) is 6.97. The fraction of sp³-hybridized carbons (Fsp3) is 0.364. The van der Waals surface area contributed by atoms with E-state index in [1.807, 2.05) is 12.1 Å². The molecule has 4 aromatic rings. The monoisotopic (exact) mass is 541 g/mol. The van der Waals surface area contributed by atoms with E-state index < -0.39 is 0 Å². The second-order valence-corrected chi connectivity index (χ2v) is 11.7. The number of H-pyrrole nitrogens is 1. The number of rotatable bonds is 6. The summed E-state index contributed by atoms with van der Waals surface area (Å²) >= 11 is 6.03. The van der Waals surface area contributed by atoms with Gasteiger partial charge < -0.3 is 19.5 Å². The number of nitrogens with zero attached hydrogens (tertiary/aromatic N) is 2. The summed E-state index contributed by atoms with van der Waals surface area (Å²) in [6.07, 6.45) is 4.81. The van der Waals surface area contributed by atoms with Gasteiger partial charge >= 0.3 is 0 Å². The summed E-state index contributed by atoms with van der Waals surface area (Å²) in [6.45, 7) is 0.727. The van der Waals surface area contributed by atoms with Gasteiger partial charge in [-0.25, -0.2) is 0 Å². The highest BCUT2D eigenvalue weighted by Crippen LogP contribution is 2.51. The van der Waals surface area contributed by atoms with Crippen molar-refractivity contribution in [1.82, 2.24) is 14.8 Å². The van der Waals surface area contributed by atoms with E-state index in [4.69, 9.17) is 16.3 Å². The molecule has 0 bridgehead atoms. The summed E-state index contributed by atoms with van der Waals surface area (Å²) in [5.41, 5.74) is 4.78. The third-order valence-corrected chi connectivity index (χ3v) is 9.11. The van der Waals surface area contributed by atoms with Crippen molar-refractivity contribution < 1.29 is 9.53 Å². The summed E-state index contributed by atoms with van der Waals surface area (Å²) in [6, 6.07) is 27.0. The molecule has 6 heteroatoms. The van der Waals surface area contributed by atoms with Crippen LogP contribution in [0.1, 0.15) is 48.5 Å². The van der Waals surface area contributed by atoms with Gasteiger partial charge in [0.05, 0.1) is 5.54 Å². The topological polar surface area (TPSA) is 48.6 Å². The second-order valence-electron chi connectivity index (χ2n) is 11.3. The first-order valence-electron chi connectivity index (χ1n) is 14.0. The Hall–Kier alpha value is -3.28. The van der Waals surface area contributed by atoms with Crippen LogP contribution in [0.25, 0.3) is 10.9 Å². The number of fused-ring (bicyclic) bond motifs is 4. The molecule has 3 aromatic carbocycles. The maximum atomic E-state index is 13.8. The first kappa shape index (κ1) is 26.0. The number of hydrogen-bond donors (Lipinski definition) is 1. The average Bonchev–Trinajstić information content (AvgIpc) is 3.34. The highest BCUT2D eigenvalue weighted by Gasteiger charge is 2.49. The number of nitrogens with one attached hydrogen (secondary N) is 1. The van der Waals surface area contributed by atoms with Gasteiger partial charge in [-0.3, -0.25) is 4.79 Å². The van der Waals surface area contributed by atoms with Crippen LogP contribution in [0.15, 0.2) is 78.9 Å². The minimum absolute atomic E-state index is 0.0205. The van der Waals surface area contributed by atoms with Gasteiger partial charge in [0.1, 0.15) is 5.75 Å². The molecule has 2 heterocycles. The summed E-state index contributed by atoms with van der Waals surface area (Å²) in [5, 5.41) is 1.94. The smallest absolute Gasteiger partial charge is 0.261 e. The highest BCUT2D eigenvalue weighted by atomic mass is 35.5. The lowest BCUT2D eigenvalue weighted by atomic mass is 9.68. The van der Waals surface area contributed by atoms with E-state index >= 15 is 0 Å². The number of para-hydroxylation sites is 1. The molecule has 39 heavy (non-hydrogen) atoms. The molecule has 6 rings (SSSR count). The van der Waals surface area contributed by atoms with Crippen molar-refractivity contribution in [3.05, 3.63) is 101 Å². The summed E-state index contributed by atoms with van der Waals surface area (Å²) in [5.74, 6) is 1.22. The Bertz CT molecular complexity index is 1440. The van der Waals surface area contributed by atoms with Crippen molar-refractivity contribution in [3.63, 3.8) is 0 Å². The van der Waals surface area contributed by atoms with Crippen LogP contribution < -0.4 is 4.74 Å². The van der Waals surface area contributed by atoms with Crippen LogP contribution in [0.5, 0.6) is 5.75 Å². The number of hydrogen-bond acceptors (Lipinski definition) is 3. The molecule has 1 saturated carbocycles. The fourth-order valence-corrected chi connectivity index (χ4v) is 7.27. The Labute approximate surface area is 235 Å². The van der Waals surface area contributed by atoms with E-state index in [0.717, 1.165) is 37.6 Å². The summed E-state index contributed by atoms with van der Waals surface area (Å²) in [7, 11) is 4.37. The molecule has 1 aliphatic carbocycles. The lowest BCUT2D eigenvalue weighted by Gasteiger charge is -2.51. The molecule has 1 N–H and O–H groups in total. The molecule has 1 spiro atoms. The molecule has 1 amide bonds. The zero-order chi connectivity index (χ0) is 27.0. The highest BCUT2D eigenvalue weighted by molar-refractivity contribution is 6.30. The Balaban J connectivity index is 1.31. The zero-order valence-electron chi connectivity index (χ0n) is 22.7. The van der Waals surface area contributed by atoms with Gasteiger partial charge in [0.2, 0.25) is 0 Å². The number of amides is 1. The van der Waals surface area contributed by atoms with Crippen LogP contribution in [-0.4, -0.2) is 47.9 Å². The van der Waals surface area contributed by atoms with Gasteiger partial charge in [0.15, 0.2) is 6.61 Å². The van der Waals surface area contributed by atoms with E-state index in [-0.39, 0.29) is 18.1 Å². The van der Waals surface area contributed by atoms with Crippen LogP contribution in [0.3, 0.4) is 0 Å². The van der Waals surface area contributed by atoms with Gasteiger partial charge in [-0.15, -0.1) is 0 Å². The van der Waals surface area contributed by atoms with Gasteiger partial charge in [-0.1, -0.05) is 60.1 Å². The van der Waals surface area contributed by atoms with Crippen LogP contribution in [0, 0.1) is 5.92 Å². The third kappa shape index (κ3) is 4.83. The molecule has 1 aromatic heterocycles. The van der Waals surface area contributed by atoms with Crippen LogP contribution in [0.2, 0.25) is 5.02 Å². The number of aromatic nitrogens is 1. The normalized spacial score (nSPS) is 21.7. The lowest BCUT2D eigenvalue weighted by molar-refractivity contribution is -0.144. The third-order valence-electron chi connectivity index (χ3n) is 8.86. The average molecular weight is 542 g/mol. The first-order chi connectivity index (χ1) is 19.0. The van der Waals surface area contributed by atoms with E-state index in [1.165, 1.54) is 22.2 Å². The van der Waals surface area contributed by atoms with Crippen molar-refractivity contribution in [2.24, 2.45) is 5.92 Å². The largest absolute Gasteiger partial charge is 0.484 e. The van der Waals surface area contributed by atoms with E-state index in [0.29, 0.717) is 29.3 Å². The Morgan fingerprint density at radius 1 is 1.03 bits per heavy atom. The molecule has 1 fully saturated rings. The maximum Gasteiger partial charge on any atom is 0.261 e. The van der Waals surface area contributed by atoms with Gasteiger partial charge in [0, 0.05) is 34.2 Å². The Morgan fingerprint density at radius 3 is 2.44 bits per heavy atom. The molecular formula is C33H36ClN3O2. The number of aromatic amines is 1. The first-order valence-corrected chi connectivity index (χ1v) is 14.3. The molecule has 2 aliphatic rings. The molecule has 1 unspecified atom stereocenters. The summed E-state index contributed by atoms with van der Waals surface area (Å²) in [4.78, 5) is 22.1. The second kappa shape index (κ2) is 10.7. The van der Waals surface area contributed by atoms with Gasteiger partial charge in [-0.2, -0.15) is 0 Å². The minimum atomic E-state index is -0.350. The maximum absolute atomic E-state index is 13.8. The number of carbonyl (C=O) groups excluding carboxylic acids is 1. The van der Waals surface area contributed by atoms with Gasteiger partial charge in [0.25, 0.3) is 5.91 Å². The van der Waals surface area contributed by atoms with Crippen molar-refractivity contribution >= 4 is 28.4 Å². The van der Waals surface area contributed by atoms with E-state index in [2.05, 4.69) is 83.5 Å². The van der Waals surface area contributed by atoms with E-state index in [9.17, 15) is 4.79 Å². The Morgan fingerprint density at radius 2 is 1.72 bits per heavy atom. The number of ether oxygens (including phenoxy) is 1. The SMILES string of the molecule is CN(C)C(c1ccccc1)C1CCC2(CC1)c1[nH]c3ccccc3c1CCN2C(=O)COc1ccc(Cl)cc1. The van der Waals surface area contributed by atoms with Crippen molar-refractivity contribution in [2.45, 2.75) is 43.7 Å². The zero-order valence-corrected chi connectivity index (χ0v) is 23.5. The van der Waals surface area contributed by atoms with Crippen molar-refractivity contribution in [2.75, 3.05) is 27.2 Å².